The zero-order valence-electron chi connectivity index (χ0n) is 28.5. The molecule has 0 aromatic rings. The van der Waals surface area contributed by atoms with Crippen molar-refractivity contribution >= 4 is 5.97 Å². The van der Waals surface area contributed by atoms with Gasteiger partial charge in [0, 0.05) is 12.0 Å². The molecule has 2 fully saturated rings. The molecule has 9 atom stereocenters. The van der Waals surface area contributed by atoms with Gasteiger partial charge in [-0.3, -0.25) is 0 Å². The van der Waals surface area contributed by atoms with E-state index in [1.807, 2.05) is 6.92 Å². The van der Waals surface area contributed by atoms with Crippen LogP contribution in [0.4, 0.5) is 0 Å². The van der Waals surface area contributed by atoms with Crippen molar-refractivity contribution in [3.63, 3.8) is 0 Å². The molecule has 8 heteroatoms. The van der Waals surface area contributed by atoms with Gasteiger partial charge >= 0.3 is 5.97 Å². The molecule has 3 aliphatic rings. The van der Waals surface area contributed by atoms with Gasteiger partial charge in [0.05, 0.1) is 48.8 Å². The summed E-state index contributed by atoms with van der Waals surface area (Å²) in [7, 11) is 0. The number of ether oxygens (including phenoxy) is 3. The lowest BCUT2D eigenvalue weighted by atomic mass is 9.98. The summed E-state index contributed by atoms with van der Waals surface area (Å²) >= 11 is 0. The molecule has 3 aliphatic heterocycles. The minimum atomic E-state index is -0.627. The Morgan fingerprint density at radius 1 is 0.667 bits per heavy atom. The van der Waals surface area contributed by atoms with Crippen molar-refractivity contribution < 1.29 is 39.4 Å². The maximum atomic E-state index is 11.7. The number of aliphatic hydroxyl groups excluding tert-OH is 4. The van der Waals surface area contributed by atoms with Crippen molar-refractivity contribution in [2.45, 2.75) is 216 Å². The summed E-state index contributed by atoms with van der Waals surface area (Å²) < 4.78 is 17.3. The van der Waals surface area contributed by atoms with Gasteiger partial charge in [0.15, 0.2) is 0 Å². The Hall–Kier alpha value is -1.03. The molecule has 45 heavy (non-hydrogen) atoms. The van der Waals surface area contributed by atoms with Crippen LogP contribution in [0.5, 0.6) is 0 Å². The molecule has 8 nitrogen and oxygen atoms in total. The Morgan fingerprint density at radius 3 is 1.78 bits per heavy atom. The minimum Gasteiger partial charge on any atom is -0.455 e. The fourth-order valence-corrected chi connectivity index (χ4v) is 7.29. The van der Waals surface area contributed by atoms with E-state index in [1.165, 1.54) is 38.5 Å². The highest BCUT2D eigenvalue weighted by molar-refractivity contribution is 5.90. The third-order valence-corrected chi connectivity index (χ3v) is 10.1. The molecule has 0 unspecified atom stereocenters. The van der Waals surface area contributed by atoms with Gasteiger partial charge in [-0.15, -0.1) is 0 Å². The van der Waals surface area contributed by atoms with E-state index in [9.17, 15) is 25.2 Å². The van der Waals surface area contributed by atoms with Crippen molar-refractivity contribution in [3.05, 3.63) is 11.6 Å². The lowest BCUT2D eigenvalue weighted by molar-refractivity contribution is -0.139. The molecule has 2 saturated heterocycles. The summed E-state index contributed by atoms with van der Waals surface area (Å²) in [5.74, 6) is -0.295. The van der Waals surface area contributed by atoms with Gasteiger partial charge in [0.2, 0.25) is 0 Å². The van der Waals surface area contributed by atoms with Crippen LogP contribution in [0, 0.1) is 0 Å². The van der Waals surface area contributed by atoms with E-state index >= 15 is 0 Å². The molecular weight excluding hydrogens is 572 g/mol. The summed E-state index contributed by atoms with van der Waals surface area (Å²) in [4.78, 5) is 11.7. The molecule has 0 radical (unpaired) electrons. The SMILES string of the molecule is CCCCCCCCCC[C@H](O)[C@@H]1CC[C@H]([C@H](O)CC[C@H](O)[C@H]2CC[C@@H](CCCCCCC[C@H](O)CC3=C[C@@H](C)OC3=O)O2)O1. The number of aliphatic hydroxyl groups is 4. The molecule has 0 amide bonds. The van der Waals surface area contributed by atoms with E-state index in [0.29, 0.717) is 31.3 Å². The van der Waals surface area contributed by atoms with Crippen LogP contribution in [0.3, 0.4) is 0 Å². The third kappa shape index (κ3) is 14.7. The standard InChI is InChI=1S/C37H66O8/c1-3-4-5-6-7-8-12-15-18-31(39)35-23-24-36(45-35)33(41)21-20-32(40)34-22-19-30(44-34)17-14-11-9-10-13-16-29(38)26-28-25-27(2)43-37(28)42/h25,27,29-36,38-41H,3-24,26H2,1-2H3/t27-,29+,30-,31+,32+,33-,34-,35+,36-/m1/s1. The summed E-state index contributed by atoms with van der Waals surface area (Å²) in [5, 5.41) is 42.4. The van der Waals surface area contributed by atoms with E-state index < -0.39 is 24.4 Å². The Labute approximate surface area is 273 Å². The smallest absolute Gasteiger partial charge is 0.334 e. The average Bonchev–Trinajstić information content (AvgIpc) is 3.77. The lowest BCUT2D eigenvalue weighted by Crippen LogP contribution is -2.33. The third-order valence-electron chi connectivity index (χ3n) is 10.1. The molecule has 3 heterocycles. The predicted molar refractivity (Wildman–Crippen MR) is 177 cm³/mol. The summed E-state index contributed by atoms with van der Waals surface area (Å²) in [6, 6.07) is 0. The molecule has 3 rings (SSSR count). The Balaban J connectivity index is 1.16. The van der Waals surface area contributed by atoms with Gasteiger partial charge in [0.25, 0.3) is 0 Å². The zero-order valence-corrected chi connectivity index (χ0v) is 28.5. The van der Waals surface area contributed by atoms with E-state index in [2.05, 4.69) is 6.92 Å². The Morgan fingerprint density at radius 2 is 1.18 bits per heavy atom. The predicted octanol–water partition coefficient (Wildman–Crippen LogP) is 6.83. The number of hydrogen-bond acceptors (Lipinski definition) is 8. The number of esters is 1. The van der Waals surface area contributed by atoms with Gasteiger partial charge in [-0.05, 0) is 70.8 Å². The van der Waals surface area contributed by atoms with Crippen LogP contribution < -0.4 is 0 Å². The number of cyclic esters (lactones) is 1. The highest BCUT2D eigenvalue weighted by atomic mass is 16.5. The normalized spacial score (nSPS) is 27.8. The molecular formula is C37H66O8. The molecule has 0 aromatic heterocycles. The average molecular weight is 639 g/mol. The lowest BCUT2D eigenvalue weighted by Gasteiger charge is -2.24. The maximum absolute atomic E-state index is 11.7. The van der Waals surface area contributed by atoms with Crippen molar-refractivity contribution in [2.24, 2.45) is 0 Å². The highest BCUT2D eigenvalue weighted by Crippen LogP contribution is 2.31. The van der Waals surface area contributed by atoms with Crippen LogP contribution in [0.2, 0.25) is 0 Å². The second-order valence-electron chi connectivity index (χ2n) is 14.2. The van der Waals surface area contributed by atoms with Crippen LogP contribution in [0.1, 0.15) is 162 Å². The first-order valence-corrected chi connectivity index (χ1v) is 18.7. The summed E-state index contributed by atoms with van der Waals surface area (Å²) in [6.45, 7) is 4.07. The summed E-state index contributed by atoms with van der Waals surface area (Å²) in [5.41, 5.74) is 0.600. The number of hydrogen-bond donors (Lipinski definition) is 4. The van der Waals surface area contributed by atoms with E-state index in [-0.39, 0.29) is 36.5 Å². The molecule has 0 bridgehead atoms. The van der Waals surface area contributed by atoms with Crippen molar-refractivity contribution in [3.8, 4) is 0 Å². The van der Waals surface area contributed by atoms with Gasteiger partial charge in [-0.1, -0.05) is 90.4 Å². The van der Waals surface area contributed by atoms with Crippen LogP contribution in [0.15, 0.2) is 11.6 Å². The number of unbranched alkanes of at least 4 members (excludes halogenated alkanes) is 11. The first-order valence-electron chi connectivity index (χ1n) is 18.7. The fraction of sp³-hybridized carbons (Fsp3) is 0.919. The molecule has 0 aromatic carbocycles. The van der Waals surface area contributed by atoms with Gasteiger partial charge in [-0.2, -0.15) is 0 Å². The van der Waals surface area contributed by atoms with Crippen molar-refractivity contribution in [2.75, 3.05) is 0 Å². The first-order chi connectivity index (χ1) is 21.8. The monoisotopic (exact) mass is 638 g/mol. The first kappa shape index (κ1) is 38.4. The second kappa shape index (κ2) is 21.8. The quantitative estimate of drug-likeness (QED) is 0.0634. The highest BCUT2D eigenvalue weighted by Gasteiger charge is 2.36. The Kier molecular flexibility index (Phi) is 18.6. The van der Waals surface area contributed by atoms with Crippen molar-refractivity contribution in [1.29, 1.82) is 0 Å². The number of carbonyl (C=O) groups excluding carboxylic acids is 1. The van der Waals surface area contributed by atoms with Crippen LogP contribution in [-0.2, 0) is 19.0 Å². The van der Waals surface area contributed by atoms with Gasteiger partial charge in [0.1, 0.15) is 6.10 Å². The minimum absolute atomic E-state index is 0.162. The second-order valence-corrected chi connectivity index (χ2v) is 14.2. The van der Waals surface area contributed by atoms with Gasteiger partial charge in [-0.25, -0.2) is 4.79 Å². The number of carbonyl (C=O) groups is 1. The van der Waals surface area contributed by atoms with E-state index in [4.69, 9.17) is 14.2 Å². The van der Waals surface area contributed by atoms with E-state index in [0.717, 1.165) is 83.5 Å². The molecule has 0 saturated carbocycles. The molecule has 262 valence electrons. The number of rotatable bonds is 25. The zero-order chi connectivity index (χ0) is 32.4. The van der Waals surface area contributed by atoms with Crippen LogP contribution in [0.25, 0.3) is 0 Å². The maximum Gasteiger partial charge on any atom is 0.334 e. The van der Waals surface area contributed by atoms with Crippen LogP contribution >= 0.6 is 0 Å². The van der Waals surface area contributed by atoms with Crippen molar-refractivity contribution in [1.82, 2.24) is 0 Å². The summed E-state index contributed by atoms with van der Waals surface area (Å²) in [6.07, 6.45) is 21.6. The Bertz CT molecular complexity index is 833. The molecule has 0 spiro atoms. The largest absolute Gasteiger partial charge is 0.455 e. The fourth-order valence-electron chi connectivity index (χ4n) is 7.29. The van der Waals surface area contributed by atoms with E-state index in [1.54, 1.807) is 6.08 Å². The topological polar surface area (TPSA) is 126 Å². The molecule has 4 N–H and O–H groups in total. The van der Waals surface area contributed by atoms with Crippen LogP contribution in [-0.4, -0.2) is 81.3 Å². The molecule has 0 aliphatic carbocycles. The van der Waals surface area contributed by atoms with Gasteiger partial charge < -0.3 is 34.6 Å².